The summed E-state index contributed by atoms with van der Waals surface area (Å²) >= 11 is 6.05. The van der Waals surface area contributed by atoms with Crippen LogP contribution in [0, 0.1) is 17.2 Å². The van der Waals surface area contributed by atoms with E-state index in [2.05, 4.69) is 17.9 Å². The number of nitriles is 1. The highest BCUT2D eigenvalue weighted by atomic mass is 35.5. The minimum atomic E-state index is -0.280. The Bertz CT molecular complexity index is 538. The first-order valence-electron chi connectivity index (χ1n) is 6.29. The van der Waals surface area contributed by atoms with Crippen molar-refractivity contribution in [2.45, 2.75) is 25.8 Å². The van der Waals surface area contributed by atoms with Crippen LogP contribution < -0.4 is 10.6 Å². The van der Waals surface area contributed by atoms with Crippen LogP contribution in [0.3, 0.4) is 0 Å². The molecule has 0 spiro atoms. The van der Waals surface area contributed by atoms with Crippen molar-refractivity contribution in [3.05, 3.63) is 28.8 Å². The van der Waals surface area contributed by atoms with Crippen molar-refractivity contribution in [2.24, 2.45) is 11.7 Å². The summed E-state index contributed by atoms with van der Waals surface area (Å²) < 4.78 is 0. The van der Waals surface area contributed by atoms with E-state index in [0.29, 0.717) is 17.1 Å². The maximum atomic E-state index is 11.4. The SMILES string of the molecule is CC1CCC(C(N)=O)CN1c1cccc(Cl)c1C#N. The third kappa shape index (κ3) is 2.66. The van der Waals surface area contributed by atoms with Crippen LogP contribution >= 0.6 is 11.6 Å². The summed E-state index contributed by atoms with van der Waals surface area (Å²) in [6.45, 7) is 2.63. The summed E-state index contributed by atoms with van der Waals surface area (Å²) in [5, 5.41) is 9.68. The number of primary amides is 1. The zero-order chi connectivity index (χ0) is 14.0. The third-order valence-corrected chi connectivity index (χ3v) is 4.01. The number of carbonyl (C=O) groups excluding carboxylic acids is 1. The number of piperidine rings is 1. The molecule has 100 valence electrons. The van der Waals surface area contributed by atoms with Gasteiger partial charge >= 0.3 is 0 Å². The van der Waals surface area contributed by atoms with Gasteiger partial charge in [-0.2, -0.15) is 5.26 Å². The summed E-state index contributed by atoms with van der Waals surface area (Å²) in [5.74, 6) is -0.445. The number of carbonyl (C=O) groups is 1. The molecule has 0 aliphatic carbocycles. The Morgan fingerprint density at radius 3 is 2.89 bits per heavy atom. The average Bonchev–Trinajstić information content (AvgIpc) is 2.38. The smallest absolute Gasteiger partial charge is 0.222 e. The van der Waals surface area contributed by atoms with E-state index in [9.17, 15) is 10.1 Å². The van der Waals surface area contributed by atoms with Crippen molar-refractivity contribution >= 4 is 23.2 Å². The van der Waals surface area contributed by atoms with Gasteiger partial charge in [0.2, 0.25) is 5.91 Å². The summed E-state index contributed by atoms with van der Waals surface area (Å²) in [6.07, 6.45) is 1.68. The lowest BCUT2D eigenvalue weighted by Gasteiger charge is -2.39. The third-order valence-electron chi connectivity index (χ3n) is 3.70. The standard InChI is InChI=1S/C14H16ClN3O/c1-9-5-6-10(14(17)19)8-18(9)13-4-2-3-12(15)11(13)7-16/h2-4,9-10H,5-6,8H2,1H3,(H2,17,19). The van der Waals surface area contributed by atoms with Gasteiger partial charge in [0.1, 0.15) is 6.07 Å². The van der Waals surface area contributed by atoms with Crippen LogP contribution in [0.15, 0.2) is 18.2 Å². The van der Waals surface area contributed by atoms with Gasteiger partial charge in [-0.1, -0.05) is 17.7 Å². The fourth-order valence-electron chi connectivity index (χ4n) is 2.54. The predicted octanol–water partition coefficient (Wildman–Crippen LogP) is 2.30. The largest absolute Gasteiger partial charge is 0.369 e. The molecule has 4 nitrogen and oxygen atoms in total. The molecule has 1 aliphatic heterocycles. The maximum absolute atomic E-state index is 11.4. The molecular formula is C14H16ClN3O. The van der Waals surface area contributed by atoms with E-state index < -0.39 is 0 Å². The highest BCUT2D eigenvalue weighted by molar-refractivity contribution is 6.32. The zero-order valence-corrected chi connectivity index (χ0v) is 11.5. The number of rotatable bonds is 2. The molecule has 1 heterocycles. The molecule has 1 fully saturated rings. The van der Waals surface area contributed by atoms with Gasteiger partial charge in [0.25, 0.3) is 0 Å². The van der Waals surface area contributed by atoms with Crippen molar-refractivity contribution in [3.8, 4) is 6.07 Å². The number of nitrogens with two attached hydrogens (primary N) is 1. The van der Waals surface area contributed by atoms with Crippen molar-refractivity contribution in [1.29, 1.82) is 5.26 Å². The van der Waals surface area contributed by atoms with Crippen LogP contribution in [0.4, 0.5) is 5.69 Å². The molecule has 0 aromatic heterocycles. The minimum Gasteiger partial charge on any atom is -0.369 e. The van der Waals surface area contributed by atoms with Crippen molar-refractivity contribution in [3.63, 3.8) is 0 Å². The van der Waals surface area contributed by atoms with E-state index in [1.54, 1.807) is 6.07 Å². The number of amides is 1. The molecule has 2 atom stereocenters. The number of benzene rings is 1. The molecular weight excluding hydrogens is 262 g/mol. The minimum absolute atomic E-state index is 0.165. The number of hydrogen-bond donors (Lipinski definition) is 1. The highest BCUT2D eigenvalue weighted by Gasteiger charge is 2.30. The fraction of sp³-hybridized carbons (Fsp3) is 0.429. The number of anilines is 1. The second-order valence-corrected chi connectivity index (χ2v) is 5.33. The number of halogens is 1. The fourth-order valence-corrected chi connectivity index (χ4v) is 2.75. The molecule has 1 saturated heterocycles. The average molecular weight is 278 g/mol. The second-order valence-electron chi connectivity index (χ2n) is 4.92. The maximum Gasteiger partial charge on any atom is 0.222 e. The Kier molecular flexibility index (Phi) is 3.96. The lowest BCUT2D eigenvalue weighted by Crippen LogP contribution is -2.46. The van der Waals surface area contributed by atoms with Crippen LogP contribution in [0.25, 0.3) is 0 Å². The molecule has 1 aromatic carbocycles. The van der Waals surface area contributed by atoms with E-state index in [4.69, 9.17) is 17.3 Å². The van der Waals surface area contributed by atoms with Gasteiger partial charge in [-0.25, -0.2) is 0 Å². The summed E-state index contributed by atoms with van der Waals surface area (Å²) in [6, 6.07) is 7.78. The van der Waals surface area contributed by atoms with E-state index >= 15 is 0 Å². The van der Waals surface area contributed by atoms with E-state index in [1.165, 1.54) is 0 Å². The zero-order valence-electron chi connectivity index (χ0n) is 10.8. The van der Waals surface area contributed by atoms with E-state index in [-0.39, 0.29) is 17.9 Å². The molecule has 0 saturated carbocycles. The summed E-state index contributed by atoms with van der Waals surface area (Å²) in [7, 11) is 0. The van der Waals surface area contributed by atoms with Crippen molar-refractivity contribution < 1.29 is 4.79 Å². The first-order chi connectivity index (χ1) is 9.04. The van der Waals surface area contributed by atoms with Gasteiger partial charge in [0.05, 0.1) is 22.2 Å². The first kappa shape index (κ1) is 13.7. The monoisotopic (exact) mass is 277 g/mol. The molecule has 2 N–H and O–H groups in total. The van der Waals surface area contributed by atoms with Gasteiger partial charge in [-0.15, -0.1) is 0 Å². The highest BCUT2D eigenvalue weighted by Crippen LogP contribution is 2.32. The van der Waals surface area contributed by atoms with Gasteiger partial charge < -0.3 is 10.6 Å². The van der Waals surface area contributed by atoms with Gasteiger partial charge in [-0.05, 0) is 31.9 Å². The quantitative estimate of drug-likeness (QED) is 0.902. The van der Waals surface area contributed by atoms with Crippen LogP contribution in [0.2, 0.25) is 5.02 Å². The Balaban J connectivity index is 2.37. The van der Waals surface area contributed by atoms with E-state index in [1.807, 2.05) is 12.1 Å². The molecule has 0 radical (unpaired) electrons. The Labute approximate surface area is 117 Å². The molecule has 19 heavy (non-hydrogen) atoms. The molecule has 1 aliphatic rings. The summed E-state index contributed by atoms with van der Waals surface area (Å²) in [4.78, 5) is 13.4. The normalized spacial score (nSPS) is 22.9. The van der Waals surface area contributed by atoms with Crippen LogP contribution in [-0.4, -0.2) is 18.5 Å². The van der Waals surface area contributed by atoms with Gasteiger partial charge in [0, 0.05) is 12.6 Å². The van der Waals surface area contributed by atoms with Gasteiger partial charge in [-0.3, -0.25) is 4.79 Å². The molecule has 5 heteroatoms. The first-order valence-corrected chi connectivity index (χ1v) is 6.67. The summed E-state index contributed by atoms with van der Waals surface area (Å²) in [5.41, 5.74) is 6.64. The van der Waals surface area contributed by atoms with Crippen molar-refractivity contribution in [2.75, 3.05) is 11.4 Å². The predicted molar refractivity (Wildman–Crippen MR) is 74.9 cm³/mol. The second kappa shape index (κ2) is 5.50. The van der Waals surface area contributed by atoms with Crippen LogP contribution in [-0.2, 0) is 4.79 Å². The Morgan fingerprint density at radius 2 is 2.26 bits per heavy atom. The van der Waals surface area contributed by atoms with Crippen LogP contribution in [0.5, 0.6) is 0 Å². The molecule has 2 rings (SSSR count). The molecule has 1 aromatic rings. The van der Waals surface area contributed by atoms with Crippen molar-refractivity contribution in [1.82, 2.24) is 0 Å². The van der Waals surface area contributed by atoms with Gasteiger partial charge in [0.15, 0.2) is 0 Å². The molecule has 0 bridgehead atoms. The number of hydrogen-bond acceptors (Lipinski definition) is 3. The lowest BCUT2D eigenvalue weighted by molar-refractivity contribution is -0.122. The Morgan fingerprint density at radius 1 is 1.53 bits per heavy atom. The topological polar surface area (TPSA) is 70.1 Å². The van der Waals surface area contributed by atoms with Crippen LogP contribution in [0.1, 0.15) is 25.3 Å². The Hall–Kier alpha value is -1.73. The van der Waals surface area contributed by atoms with E-state index in [0.717, 1.165) is 18.5 Å². The number of nitrogens with zero attached hydrogens (tertiary/aromatic N) is 2. The lowest BCUT2D eigenvalue weighted by atomic mass is 9.92. The molecule has 1 amide bonds. The molecule has 2 unspecified atom stereocenters.